The number of hydrogen-bond acceptors (Lipinski definition) is 7. The molecule has 0 amide bonds. The van der Waals surface area contributed by atoms with Crippen molar-refractivity contribution in [3.05, 3.63) is 12.2 Å². The molecule has 1 aromatic heterocycles. The molecule has 0 fully saturated rings. The van der Waals surface area contributed by atoms with Crippen LogP contribution in [0.1, 0.15) is 20.8 Å². The fraction of sp³-hybridized carbons (Fsp3) is 0.545. The second-order valence-electron chi connectivity index (χ2n) is 3.44. The van der Waals surface area contributed by atoms with Gasteiger partial charge in [0.15, 0.2) is 0 Å². The average molecular weight is 252 g/mol. The molecule has 3 N–H and O–H groups in total. The van der Waals surface area contributed by atoms with Crippen LogP contribution in [0.5, 0.6) is 6.01 Å². The van der Waals surface area contributed by atoms with E-state index < -0.39 is 0 Å². The molecule has 0 aromatic carbocycles. The molecule has 0 atom stereocenters. The minimum Gasteiger partial charge on any atom is -0.459 e. The quantitative estimate of drug-likeness (QED) is 0.424. The van der Waals surface area contributed by atoms with Gasteiger partial charge in [0, 0.05) is 13.1 Å². The molecule has 7 heteroatoms. The van der Waals surface area contributed by atoms with Gasteiger partial charge in [-0.2, -0.15) is 15.0 Å². The molecule has 1 aromatic rings. The molecular weight excluding hydrogens is 232 g/mol. The topological polar surface area (TPSA) is 89.2 Å². The number of allylic oxidation sites excluding steroid dienone is 1. The third-order valence-corrected chi connectivity index (χ3v) is 2.32. The summed E-state index contributed by atoms with van der Waals surface area (Å²) in [5.74, 6) is 6.18. The molecule has 18 heavy (non-hydrogen) atoms. The van der Waals surface area contributed by atoms with E-state index in [1.54, 1.807) is 0 Å². The highest BCUT2D eigenvalue weighted by Gasteiger charge is 2.11. The molecule has 7 nitrogen and oxygen atoms in total. The van der Waals surface area contributed by atoms with E-state index in [-0.39, 0.29) is 6.01 Å². The Bertz CT molecular complexity index is 391. The maximum atomic E-state index is 5.40. The number of nitrogen functional groups attached to an aromatic ring is 1. The maximum absolute atomic E-state index is 5.40. The van der Waals surface area contributed by atoms with Crippen molar-refractivity contribution in [2.75, 3.05) is 30.0 Å². The number of hydrogen-bond donors (Lipinski definition) is 2. The van der Waals surface area contributed by atoms with Crippen LogP contribution in [0.4, 0.5) is 11.9 Å². The van der Waals surface area contributed by atoms with E-state index in [1.165, 1.54) is 0 Å². The fourth-order valence-corrected chi connectivity index (χ4v) is 1.34. The Kier molecular flexibility index (Phi) is 5.86. The summed E-state index contributed by atoms with van der Waals surface area (Å²) in [6.07, 6.45) is 3.77. The van der Waals surface area contributed by atoms with E-state index in [1.807, 2.05) is 37.8 Å². The molecule has 100 valence electrons. The molecule has 0 unspecified atom stereocenters. The molecule has 0 radical (unpaired) electrons. The summed E-state index contributed by atoms with van der Waals surface area (Å²) in [5.41, 5.74) is 2.41. The zero-order valence-electron chi connectivity index (χ0n) is 11.1. The normalized spacial score (nSPS) is 10.7. The number of nitrogens with one attached hydrogen (secondary N) is 1. The molecule has 1 rings (SSSR count). The first kappa shape index (κ1) is 14.2. The Morgan fingerprint density at radius 3 is 2.56 bits per heavy atom. The smallest absolute Gasteiger partial charge is 0.323 e. The summed E-state index contributed by atoms with van der Waals surface area (Å²) < 4.78 is 5.40. The van der Waals surface area contributed by atoms with Gasteiger partial charge < -0.3 is 9.64 Å². The second kappa shape index (κ2) is 7.44. The number of nitrogens with zero attached hydrogens (tertiary/aromatic N) is 4. The summed E-state index contributed by atoms with van der Waals surface area (Å²) in [7, 11) is 0. The molecule has 0 aliphatic carbocycles. The van der Waals surface area contributed by atoms with Gasteiger partial charge in [0.25, 0.3) is 0 Å². The molecule has 0 saturated heterocycles. The predicted molar refractivity (Wildman–Crippen MR) is 71.5 cm³/mol. The summed E-state index contributed by atoms with van der Waals surface area (Å²) in [4.78, 5) is 14.5. The zero-order chi connectivity index (χ0) is 13.4. The first-order valence-electron chi connectivity index (χ1n) is 5.96. The van der Waals surface area contributed by atoms with E-state index in [2.05, 4.69) is 20.4 Å². The molecule has 0 spiro atoms. The first-order chi connectivity index (χ1) is 8.74. The molecule has 1 heterocycles. The van der Waals surface area contributed by atoms with Crippen molar-refractivity contribution in [3.8, 4) is 6.01 Å². The van der Waals surface area contributed by atoms with Crippen LogP contribution in [0.15, 0.2) is 12.2 Å². The fourth-order valence-electron chi connectivity index (χ4n) is 1.34. The average Bonchev–Trinajstić information content (AvgIpc) is 2.40. The van der Waals surface area contributed by atoms with Crippen LogP contribution in [0.25, 0.3) is 0 Å². The SMILES string of the molecule is C/C=C/COc1nc(NN)nc(N(CC)CC)n1. The highest BCUT2D eigenvalue weighted by atomic mass is 16.5. The van der Waals surface area contributed by atoms with Crippen molar-refractivity contribution < 1.29 is 4.74 Å². The van der Waals surface area contributed by atoms with Crippen LogP contribution in [-0.2, 0) is 0 Å². The van der Waals surface area contributed by atoms with Gasteiger partial charge in [0.2, 0.25) is 11.9 Å². The van der Waals surface area contributed by atoms with Crippen molar-refractivity contribution >= 4 is 11.9 Å². The van der Waals surface area contributed by atoms with Crippen LogP contribution >= 0.6 is 0 Å². The van der Waals surface area contributed by atoms with E-state index in [9.17, 15) is 0 Å². The lowest BCUT2D eigenvalue weighted by atomic mass is 10.5. The molecule has 0 aliphatic rings. The predicted octanol–water partition coefficient (Wildman–Crippen LogP) is 0.958. The summed E-state index contributed by atoms with van der Waals surface area (Å²) in [5, 5.41) is 0. The van der Waals surface area contributed by atoms with Crippen LogP contribution < -0.4 is 20.9 Å². The van der Waals surface area contributed by atoms with Gasteiger partial charge >= 0.3 is 6.01 Å². The minimum absolute atomic E-state index is 0.262. The molecular formula is C11H20N6O. The van der Waals surface area contributed by atoms with E-state index in [0.717, 1.165) is 13.1 Å². The van der Waals surface area contributed by atoms with Crippen molar-refractivity contribution in [2.24, 2.45) is 5.84 Å². The monoisotopic (exact) mass is 252 g/mol. The lowest BCUT2D eigenvalue weighted by Gasteiger charge is -2.19. The van der Waals surface area contributed by atoms with Gasteiger partial charge in [-0.15, -0.1) is 0 Å². The van der Waals surface area contributed by atoms with E-state index >= 15 is 0 Å². The Morgan fingerprint density at radius 1 is 1.28 bits per heavy atom. The van der Waals surface area contributed by atoms with Gasteiger partial charge in [0.05, 0.1) is 0 Å². The highest BCUT2D eigenvalue weighted by molar-refractivity contribution is 5.37. The van der Waals surface area contributed by atoms with Crippen molar-refractivity contribution in [1.29, 1.82) is 0 Å². The Labute approximate surface area is 107 Å². The number of ether oxygens (including phenoxy) is 1. The van der Waals surface area contributed by atoms with Crippen LogP contribution in [0, 0.1) is 0 Å². The molecule has 0 saturated carbocycles. The number of rotatable bonds is 7. The summed E-state index contributed by atoms with van der Waals surface area (Å²) >= 11 is 0. The summed E-state index contributed by atoms with van der Waals surface area (Å²) in [6, 6.07) is 0.262. The van der Waals surface area contributed by atoms with Crippen molar-refractivity contribution in [3.63, 3.8) is 0 Å². The molecule has 0 bridgehead atoms. The van der Waals surface area contributed by atoms with Gasteiger partial charge in [-0.25, -0.2) is 5.84 Å². The lowest BCUT2D eigenvalue weighted by molar-refractivity contribution is 0.332. The second-order valence-corrected chi connectivity index (χ2v) is 3.44. The number of aromatic nitrogens is 3. The largest absolute Gasteiger partial charge is 0.459 e. The van der Waals surface area contributed by atoms with Crippen LogP contribution in [0.3, 0.4) is 0 Å². The van der Waals surface area contributed by atoms with Gasteiger partial charge in [-0.05, 0) is 20.8 Å². The van der Waals surface area contributed by atoms with Crippen LogP contribution in [-0.4, -0.2) is 34.6 Å². The van der Waals surface area contributed by atoms with Crippen LogP contribution in [0.2, 0.25) is 0 Å². The Hall–Kier alpha value is -1.89. The maximum Gasteiger partial charge on any atom is 0.323 e. The van der Waals surface area contributed by atoms with Gasteiger partial charge in [-0.3, -0.25) is 5.43 Å². The van der Waals surface area contributed by atoms with Gasteiger partial charge in [0.1, 0.15) is 6.61 Å². The Morgan fingerprint density at radius 2 is 2.00 bits per heavy atom. The summed E-state index contributed by atoms with van der Waals surface area (Å²) in [6.45, 7) is 8.01. The third kappa shape index (κ3) is 3.85. The van der Waals surface area contributed by atoms with Crippen molar-refractivity contribution in [1.82, 2.24) is 15.0 Å². The zero-order valence-corrected chi connectivity index (χ0v) is 11.1. The molecule has 0 aliphatic heterocycles. The lowest BCUT2D eigenvalue weighted by Crippen LogP contribution is -2.25. The third-order valence-electron chi connectivity index (χ3n) is 2.32. The van der Waals surface area contributed by atoms with Gasteiger partial charge in [-0.1, -0.05) is 12.2 Å². The minimum atomic E-state index is 0.262. The Balaban J connectivity index is 2.93. The first-order valence-corrected chi connectivity index (χ1v) is 5.96. The number of hydrazine groups is 1. The van der Waals surface area contributed by atoms with E-state index in [0.29, 0.717) is 18.5 Å². The highest BCUT2D eigenvalue weighted by Crippen LogP contribution is 2.14. The standard InChI is InChI=1S/C11H20N6O/c1-4-7-8-18-11-14-9(16-12)13-10(15-11)17(5-2)6-3/h4,7H,5-6,8,12H2,1-3H3,(H,13,14,15,16)/b7-4+. The van der Waals surface area contributed by atoms with E-state index in [4.69, 9.17) is 10.6 Å². The number of anilines is 2. The van der Waals surface area contributed by atoms with Crippen molar-refractivity contribution in [2.45, 2.75) is 20.8 Å². The number of nitrogens with two attached hydrogens (primary N) is 1.